The Hall–Kier alpha value is -1.47. The first kappa shape index (κ1) is 15.4. The maximum absolute atomic E-state index is 12.8. The minimum Gasteiger partial charge on any atom is -0.343 e. The van der Waals surface area contributed by atoms with E-state index in [-0.39, 0.29) is 17.1 Å². The quantitative estimate of drug-likeness (QED) is 0.809. The molecule has 6 nitrogen and oxygen atoms in total. The summed E-state index contributed by atoms with van der Waals surface area (Å²) < 4.78 is 27.1. The lowest BCUT2D eigenvalue weighted by Gasteiger charge is -2.20. The van der Waals surface area contributed by atoms with Crippen LogP contribution in [0.25, 0.3) is 0 Å². The number of fused-ring (bicyclic) bond motifs is 1. The Morgan fingerprint density at radius 2 is 2.14 bits per heavy atom. The minimum atomic E-state index is -3.29. The van der Waals surface area contributed by atoms with Gasteiger partial charge in [-0.15, -0.1) is 0 Å². The van der Waals surface area contributed by atoms with Gasteiger partial charge in [0, 0.05) is 45.5 Å². The number of sulfonamides is 1. The van der Waals surface area contributed by atoms with Crippen molar-refractivity contribution in [2.24, 2.45) is 5.92 Å². The lowest BCUT2D eigenvalue weighted by Crippen LogP contribution is -2.33. The van der Waals surface area contributed by atoms with Crippen LogP contribution in [0.4, 0.5) is 0 Å². The van der Waals surface area contributed by atoms with E-state index in [0.29, 0.717) is 32.6 Å². The van der Waals surface area contributed by atoms with Gasteiger partial charge in [-0.3, -0.25) is 9.78 Å². The smallest absolute Gasteiger partial charge is 0.219 e. The molecule has 0 aromatic carbocycles. The van der Waals surface area contributed by atoms with Crippen LogP contribution >= 0.6 is 0 Å². The van der Waals surface area contributed by atoms with E-state index >= 15 is 0 Å². The molecule has 0 spiro atoms. The van der Waals surface area contributed by atoms with E-state index in [1.165, 1.54) is 0 Å². The predicted molar refractivity (Wildman–Crippen MR) is 82.3 cm³/mol. The van der Waals surface area contributed by atoms with Crippen LogP contribution in [0.3, 0.4) is 0 Å². The molecule has 1 aromatic heterocycles. The highest BCUT2D eigenvalue weighted by Crippen LogP contribution is 2.35. The second-order valence-electron chi connectivity index (χ2n) is 6.08. The first-order chi connectivity index (χ1) is 10.5. The summed E-state index contributed by atoms with van der Waals surface area (Å²) in [4.78, 5) is 17.3. The number of nitrogens with zero attached hydrogens (tertiary/aromatic N) is 3. The average Bonchev–Trinajstić information content (AvgIpc) is 2.65. The van der Waals surface area contributed by atoms with Gasteiger partial charge in [0.1, 0.15) is 0 Å². The van der Waals surface area contributed by atoms with Crippen molar-refractivity contribution in [3.63, 3.8) is 0 Å². The van der Waals surface area contributed by atoms with Gasteiger partial charge in [0.2, 0.25) is 15.9 Å². The Labute approximate surface area is 131 Å². The zero-order valence-corrected chi connectivity index (χ0v) is 13.5. The Morgan fingerprint density at radius 3 is 2.82 bits per heavy atom. The van der Waals surface area contributed by atoms with Gasteiger partial charge in [-0.2, -0.15) is 4.31 Å². The van der Waals surface area contributed by atoms with Crippen LogP contribution in [0.5, 0.6) is 0 Å². The summed E-state index contributed by atoms with van der Waals surface area (Å²) in [5.74, 6) is 0.149. The van der Waals surface area contributed by atoms with Crippen molar-refractivity contribution in [3.8, 4) is 0 Å². The molecule has 0 unspecified atom stereocenters. The zero-order chi connectivity index (χ0) is 15.7. The highest BCUT2D eigenvalue weighted by Gasteiger charge is 2.46. The number of likely N-dealkylation sites (tertiary alicyclic amines) is 1. The van der Waals surface area contributed by atoms with E-state index in [0.717, 1.165) is 12.0 Å². The molecule has 1 aromatic rings. The van der Waals surface area contributed by atoms with E-state index in [1.54, 1.807) is 28.5 Å². The van der Waals surface area contributed by atoms with Gasteiger partial charge < -0.3 is 4.90 Å². The summed E-state index contributed by atoms with van der Waals surface area (Å²) in [6, 6.07) is 3.72. The molecule has 22 heavy (non-hydrogen) atoms. The van der Waals surface area contributed by atoms with Gasteiger partial charge >= 0.3 is 0 Å². The topological polar surface area (TPSA) is 70.6 Å². The summed E-state index contributed by atoms with van der Waals surface area (Å²) in [5.41, 5.74) is 0.910. The highest BCUT2D eigenvalue weighted by atomic mass is 32.2. The SMILES string of the molecule is CC(=O)N1CC[C@@H]2CN(Cc3cccnc3)S(=O)(=O)[C@@H]2CC1. The number of aromatic nitrogens is 1. The monoisotopic (exact) mass is 323 g/mol. The molecule has 0 saturated carbocycles. The molecule has 2 aliphatic rings. The van der Waals surface area contributed by atoms with Gasteiger partial charge in [-0.05, 0) is 30.4 Å². The molecule has 120 valence electrons. The highest BCUT2D eigenvalue weighted by molar-refractivity contribution is 7.90. The van der Waals surface area contributed by atoms with E-state index in [1.807, 2.05) is 12.1 Å². The summed E-state index contributed by atoms with van der Waals surface area (Å²) in [6.07, 6.45) is 4.69. The van der Waals surface area contributed by atoms with Crippen molar-refractivity contribution in [3.05, 3.63) is 30.1 Å². The van der Waals surface area contributed by atoms with E-state index < -0.39 is 10.0 Å². The molecule has 3 heterocycles. The molecule has 2 saturated heterocycles. The van der Waals surface area contributed by atoms with E-state index in [4.69, 9.17) is 0 Å². The second kappa shape index (κ2) is 5.96. The predicted octanol–water partition coefficient (Wildman–Crippen LogP) is 0.854. The Kier molecular flexibility index (Phi) is 4.18. The standard InChI is InChI=1S/C15H21N3O3S/c1-12(19)17-7-4-14-11-18(10-13-3-2-6-16-9-13)22(20,21)15(14)5-8-17/h2-3,6,9,14-15H,4-5,7-8,10-11H2,1H3/t14-,15-/m1/s1. The van der Waals surface area contributed by atoms with Crippen molar-refractivity contribution in [1.29, 1.82) is 0 Å². The third-order valence-corrected chi connectivity index (χ3v) is 7.07. The maximum Gasteiger partial charge on any atom is 0.219 e. The van der Waals surface area contributed by atoms with Crippen LogP contribution in [-0.2, 0) is 21.4 Å². The van der Waals surface area contributed by atoms with Crippen LogP contribution in [0.15, 0.2) is 24.5 Å². The Balaban J connectivity index is 1.75. The largest absolute Gasteiger partial charge is 0.343 e. The number of pyridine rings is 1. The summed E-state index contributed by atoms with van der Waals surface area (Å²) in [5, 5.41) is -0.353. The number of hydrogen-bond acceptors (Lipinski definition) is 4. The molecule has 0 radical (unpaired) electrons. The zero-order valence-electron chi connectivity index (χ0n) is 12.7. The van der Waals surface area contributed by atoms with Crippen LogP contribution < -0.4 is 0 Å². The van der Waals surface area contributed by atoms with Crippen molar-refractivity contribution in [2.75, 3.05) is 19.6 Å². The van der Waals surface area contributed by atoms with Crippen molar-refractivity contribution >= 4 is 15.9 Å². The molecule has 3 rings (SSSR count). The lowest BCUT2D eigenvalue weighted by atomic mass is 10.0. The van der Waals surface area contributed by atoms with Gasteiger partial charge in [0.05, 0.1) is 5.25 Å². The maximum atomic E-state index is 12.8. The van der Waals surface area contributed by atoms with Crippen LogP contribution in [0.1, 0.15) is 25.3 Å². The van der Waals surface area contributed by atoms with E-state index in [2.05, 4.69) is 4.98 Å². The fourth-order valence-electron chi connectivity index (χ4n) is 3.46. The van der Waals surface area contributed by atoms with Crippen LogP contribution in [0.2, 0.25) is 0 Å². The molecule has 0 aliphatic carbocycles. The van der Waals surface area contributed by atoms with Crippen LogP contribution in [0, 0.1) is 5.92 Å². The van der Waals surface area contributed by atoms with Crippen molar-refractivity contribution in [1.82, 2.24) is 14.2 Å². The molecule has 2 atom stereocenters. The van der Waals surface area contributed by atoms with Crippen LogP contribution in [-0.4, -0.2) is 53.4 Å². The average molecular weight is 323 g/mol. The Bertz CT molecular complexity index is 647. The third-order valence-electron chi connectivity index (χ3n) is 4.69. The van der Waals surface area contributed by atoms with E-state index in [9.17, 15) is 13.2 Å². The molecule has 2 fully saturated rings. The molecule has 7 heteroatoms. The third kappa shape index (κ3) is 2.87. The second-order valence-corrected chi connectivity index (χ2v) is 8.23. The summed E-state index contributed by atoms with van der Waals surface area (Å²) in [6.45, 7) is 3.68. The first-order valence-corrected chi connectivity index (χ1v) is 9.12. The van der Waals surface area contributed by atoms with Crippen molar-refractivity contribution in [2.45, 2.75) is 31.6 Å². The van der Waals surface area contributed by atoms with Gasteiger partial charge in [-0.25, -0.2) is 8.42 Å². The molecule has 0 bridgehead atoms. The summed E-state index contributed by atoms with van der Waals surface area (Å²) in [7, 11) is -3.29. The normalized spacial score (nSPS) is 28.1. The van der Waals surface area contributed by atoms with Crippen molar-refractivity contribution < 1.29 is 13.2 Å². The molecule has 0 N–H and O–H groups in total. The number of hydrogen-bond donors (Lipinski definition) is 0. The molecular weight excluding hydrogens is 302 g/mol. The number of carbonyl (C=O) groups is 1. The van der Waals surface area contributed by atoms with Gasteiger partial charge in [0.15, 0.2) is 0 Å². The molecule has 1 amide bonds. The number of amides is 1. The summed E-state index contributed by atoms with van der Waals surface area (Å²) >= 11 is 0. The fourth-order valence-corrected chi connectivity index (χ4v) is 5.68. The lowest BCUT2D eigenvalue weighted by molar-refractivity contribution is -0.128. The first-order valence-electron chi connectivity index (χ1n) is 7.62. The molecular formula is C15H21N3O3S. The van der Waals surface area contributed by atoms with Gasteiger partial charge in [-0.1, -0.05) is 6.07 Å². The van der Waals surface area contributed by atoms with Gasteiger partial charge in [0.25, 0.3) is 0 Å². The molecule has 2 aliphatic heterocycles. The number of rotatable bonds is 2. The Morgan fingerprint density at radius 1 is 1.36 bits per heavy atom. The number of carbonyl (C=O) groups excluding carboxylic acids is 1. The fraction of sp³-hybridized carbons (Fsp3) is 0.600. The minimum absolute atomic E-state index is 0.0320.